The first kappa shape index (κ1) is 26.5. The standard InChI is InChI=1S/C25H36FN3O3Si/c1-24(2,3)33(26,25(4,5)6)20-16-28-22(15-19(20)32-7)29(23(31)14-13-21(27)30)17-18-11-9-8-10-12-18/h8-12,15-16H,13-14,17H2,1-7H3,(H2,27,30). The van der Waals surface area contributed by atoms with Crippen molar-refractivity contribution in [1.82, 2.24) is 4.98 Å². The van der Waals surface area contributed by atoms with Gasteiger partial charge in [0.05, 0.1) is 13.7 Å². The Balaban J connectivity index is 2.59. The fourth-order valence-corrected chi connectivity index (χ4v) is 8.99. The lowest BCUT2D eigenvalue weighted by Crippen LogP contribution is -2.58. The van der Waals surface area contributed by atoms with Crippen molar-refractivity contribution >= 4 is 31.2 Å². The molecule has 0 aliphatic carbocycles. The van der Waals surface area contributed by atoms with Gasteiger partial charge in [-0.1, -0.05) is 71.9 Å². The van der Waals surface area contributed by atoms with Crippen LogP contribution in [0.4, 0.5) is 9.93 Å². The van der Waals surface area contributed by atoms with E-state index in [1.165, 1.54) is 18.2 Å². The number of pyridine rings is 1. The van der Waals surface area contributed by atoms with E-state index < -0.39 is 24.4 Å². The summed E-state index contributed by atoms with van der Waals surface area (Å²) in [6.45, 7) is 11.7. The van der Waals surface area contributed by atoms with Gasteiger partial charge in [0.1, 0.15) is 11.6 Å². The van der Waals surface area contributed by atoms with Crippen molar-refractivity contribution in [3.8, 4) is 5.75 Å². The summed E-state index contributed by atoms with van der Waals surface area (Å²) < 4.78 is 22.6. The van der Waals surface area contributed by atoms with Crippen LogP contribution < -0.4 is 20.6 Å². The first-order valence-electron chi connectivity index (χ1n) is 11.1. The van der Waals surface area contributed by atoms with Gasteiger partial charge >= 0.3 is 0 Å². The monoisotopic (exact) mass is 473 g/mol. The van der Waals surface area contributed by atoms with Gasteiger partial charge in [-0.25, -0.2) is 4.98 Å². The number of hydrogen-bond donors (Lipinski definition) is 1. The number of amides is 2. The summed E-state index contributed by atoms with van der Waals surface area (Å²) in [5, 5.41) is -0.746. The fraction of sp³-hybridized carbons (Fsp3) is 0.480. The molecule has 1 aromatic heterocycles. The maximum atomic E-state index is 16.9. The molecule has 0 aliphatic heterocycles. The topological polar surface area (TPSA) is 85.5 Å². The smallest absolute Gasteiger partial charge is 0.293 e. The van der Waals surface area contributed by atoms with E-state index >= 15 is 4.11 Å². The highest BCUT2D eigenvalue weighted by atomic mass is 28.4. The maximum Gasteiger partial charge on any atom is 0.293 e. The lowest BCUT2D eigenvalue weighted by molar-refractivity contribution is -0.123. The average molecular weight is 474 g/mol. The third kappa shape index (κ3) is 5.79. The summed E-state index contributed by atoms with van der Waals surface area (Å²) in [5.74, 6) is -0.129. The fourth-order valence-electron chi connectivity index (χ4n) is 4.36. The third-order valence-corrected chi connectivity index (χ3v) is 11.1. The Morgan fingerprint density at radius 1 is 1.06 bits per heavy atom. The van der Waals surface area contributed by atoms with Crippen LogP contribution in [0.1, 0.15) is 59.9 Å². The van der Waals surface area contributed by atoms with Crippen LogP contribution in [0.3, 0.4) is 0 Å². The lowest BCUT2D eigenvalue weighted by atomic mass is 10.2. The Hall–Kier alpha value is -2.74. The number of aromatic nitrogens is 1. The highest BCUT2D eigenvalue weighted by molar-refractivity contribution is 6.91. The van der Waals surface area contributed by atoms with Crippen LogP contribution in [0.2, 0.25) is 10.1 Å². The summed E-state index contributed by atoms with van der Waals surface area (Å²) in [5.41, 5.74) is 6.14. The van der Waals surface area contributed by atoms with E-state index in [4.69, 9.17) is 10.5 Å². The predicted octanol–water partition coefficient (Wildman–Crippen LogP) is 4.61. The van der Waals surface area contributed by atoms with E-state index in [1.807, 2.05) is 71.9 Å². The molecular formula is C25H36FN3O3Si. The minimum absolute atomic E-state index is 0.0420. The molecule has 0 atom stereocenters. The maximum absolute atomic E-state index is 16.9. The van der Waals surface area contributed by atoms with Crippen LogP contribution in [0.15, 0.2) is 42.6 Å². The summed E-state index contributed by atoms with van der Waals surface area (Å²) in [7, 11) is -2.14. The molecule has 0 unspecified atom stereocenters. The van der Waals surface area contributed by atoms with Crippen LogP contribution in [0, 0.1) is 0 Å². The van der Waals surface area contributed by atoms with Crippen molar-refractivity contribution < 1.29 is 18.4 Å². The quantitative estimate of drug-likeness (QED) is 0.448. The number of hydrogen-bond acceptors (Lipinski definition) is 4. The number of anilines is 1. The molecule has 180 valence electrons. The van der Waals surface area contributed by atoms with Crippen molar-refractivity contribution in [2.75, 3.05) is 12.0 Å². The number of halogens is 1. The minimum Gasteiger partial charge on any atom is -0.497 e. The zero-order chi connectivity index (χ0) is 25.0. The molecule has 0 aliphatic rings. The Morgan fingerprint density at radius 3 is 2.12 bits per heavy atom. The molecule has 1 heterocycles. The number of rotatable bonds is 8. The van der Waals surface area contributed by atoms with E-state index in [0.29, 0.717) is 16.8 Å². The number of benzene rings is 1. The Morgan fingerprint density at radius 2 is 1.64 bits per heavy atom. The zero-order valence-corrected chi connectivity index (χ0v) is 21.7. The molecule has 2 N–H and O–H groups in total. The highest BCUT2D eigenvalue weighted by Crippen LogP contribution is 2.52. The van der Waals surface area contributed by atoms with Gasteiger partial charge in [-0.05, 0) is 15.6 Å². The SMILES string of the molecule is COc1cc(N(Cc2ccccc2)C(=O)CCC(N)=O)ncc1[Si](F)(C(C)(C)C)C(C)(C)C. The van der Waals surface area contributed by atoms with Crippen molar-refractivity contribution in [2.24, 2.45) is 5.73 Å². The van der Waals surface area contributed by atoms with Crippen LogP contribution in [-0.4, -0.2) is 32.3 Å². The molecule has 2 amide bonds. The Bertz CT molecular complexity index is 971. The Kier molecular flexibility index (Phi) is 8.06. The molecule has 0 spiro atoms. The second kappa shape index (κ2) is 10.0. The molecule has 0 fully saturated rings. The second-order valence-corrected chi connectivity index (χ2v) is 15.2. The van der Waals surface area contributed by atoms with Crippen LogP contribution in [-0.2, 0) is 16.1 Å². The number of carbonyl (C=O) groups excluding carboxylic acids is 2. The van der Waals surface area contributed by atoms with E-state index in [-0.39, 0.29) is 25.3 Å². The largest absolute Gasteiger partial charge is 0.497 e. The van der Waals surface area contributed by atoms with E-state index in [9.17, 15) is 9.59 Å². The Labute approximate surface area is 197 Å². The van der Waals surface area contributed by atoms with Crippen molar-refractivity contribution in [2.45, 2.75) is 71.0 Å². The molecule has 8 heteroatoms. The molecule has 0 bridgehead atoms. The normalized spacial score (nSPS) is 12.4. The third-order valence-electron chi connectivity index (χ3n) is 5.86. The van der Waals surface area contributed by atoms with Gasteiger partial charge in [0.2, 0.25) is 11.8 Å². The average Bonchev–Trinajstić information content (AvgIpc) is 2.74. The van der Waals surface area contributed by atoms with Gasteiger partial charge in [0.15, 0.2) is 0 Å². The van der Waals surface area contributed by atoms with Crippen molar-refractivity contribution in [1.29, 1.82) is 0 Å². The summed E-state index contributed by atoms with van der Waals surface area (Å²) in [6, 6.07) is 11.1. The van der Waals surface area contributed by atoms with Gasteiger partial charge in [-0.2, -0.15) is 0 Å². The molecule has 2 rings (SSSR count). The number of nitrogens with zero attached hydrogens (tertiary/aromatic N) is 2. The summed E-state index contributed by atoms with van der Waals surface area (Å²) >= 11 is 0. The molecule has 0 radical (unpaired) electrons. The molecule has 0 saturated heterocycles. The van der Waals surface area contributed by atoms with Gasteiger partial charge < -0.3 is 14.6 Å². The minimum atomic E-state index is -3.64. The van der Waals surface area contributed by atoms with Crippen LogP contribution in [0.25, 0.3) is 0 Å². The first-order valence-corrected chi connectivity index (χ1v) is 13.0. The van der Waals surface area contributed by atoms with Gasteiger partial charge in [-0.3, -0.25) is 14.5 Å². The molecule has 2 aromatic rings. The molecular weight excluding hydrogens is 437 g/mol. The number of carbonyl (C=O) groups is 2. The summed E-state index contributed by atoms with van der Waals surface area (Å²) in [4.78, 5) is 30.3. The van der Waals surface area contributed by atoms with E-state index in [0.717, 1.165) is 5.56 Å². The van der Waals surface area contributed by atoms with E-state index in [1.54, 1.807) is 6.07 Å². The zero-order valence-electron chi connectivity index (χ0n) is 20.7. The van der Waals surface area contributed by atoms with Crippen molar-refractivity contribution in [3.63, 3.8) is 0 Å². The first-order chi connectivity index (χ1) is 15.2. The highest BCUT2D eigenvalue weighted by Gasteiger charge is 2.58. The van der Waals surface area contributed by atoms with Gasteiger partial charge in [0, 0.05) is 30.3 Å². The lowest BCUT2D eigenvalue weighted by Gasteiger charge is -2.45. The second-order valence-electron chi connectivity index (χ2n) is 10.3. The van der Waals surface area contributed by atoms with E-state index in [2.05, 4.69) is 4.98 Å². The number of nitrogens with two attached hydrogens (primary N) is 1. The van der Waals surface area contributed by atoms with Crippen molar-refractivity contribution in [3.05, 3.63) is 48.2 Å². The summed E-state index contributed by atoms with van der Waals surface area (Å²) in [6.07, 6.45) is 1.42. The van der Waals surface area contributed by atoms with Crippen LogP contribution in [0.5, 0.6) is 5.75 Å². The molecule has 1 aromatic carbocycles. The van der Waals surface area contributed by atoms with Gasteiger partial charge in [-0.15, -0.1) is 0 Å². The molecule has 33 heavy (non-hydrogen) atoms. The number of ether oxygens (including phenoxy) is 1. The predicted molar refractivity (Wildman–Crippen MR) is 133 cm³/mol. The molecule has 0 saturated carbocycles. The van der Waals surface area contributed by atoms with Crippen LogP contribution >= 0.6 is 0 Å². The number of primary amides is 1. The molecule has 6 nitrogen and oxygen atoms in total. The number of methoxy groups -OCH3 is 1. The van der Waals surface area contributed by atoms with Gasteiger partial charge in [0.25, 0.3) is 8.41 Å².